The minimum Gasteiger partial charge on any atom is -0.493 e. The number of esters is 1. The van der Waals surface area contributed by atoms with Gasteiger partial charge in [-0.3, -0.25) is 19.0 Å². The summed E-state index contributed by atoms with van der Waals surface area (Å²) < 4.78 is 5.79. The van der Waals surface area contributed by atoms with Gasteiger partial charge in [0, 0.05) is 10.9 Å². The molecule has 1 aliphatic rings. The van der Waals surface area contributed by atoms with E-state index in [1.165, 1.54) is 18.2 Å². The van der Waals surface area contributed by atoms with Gasteiger partial charge in [0.05, 0.1) is 28.1 Å². The number of halogens is 1. The molecule has 3 aromatic rings. The Kier molecular flexibility index (Phi) is 6.12. The van der Waals surface area contributed by atoms with E-state index in [4.69, 9.17) is 16.3 Å². The van der Waals surface area contributed by atoms with Gasteiger partial charge in [-0.25, -0.2) is 9.79 Å². The van der Waals surface area contributed by atoms with Crippen LogP contribution >= 0.6 is 22.9 Å². The van der Waals surface area contributed by atoms with Crippen LogP contribution in [0.4, 0.5) is 5.69 Å². The highest BCUT2D eigenvalue weighted by Crippen LogP contribution is 2.28. The fraction of sp³-hybridized carbons (Fsp3) is 0.136. The molecule has 0 saturated heterocycles. The van der Waals surface area contributed by atoms with Gasteiger partial charge in [-0.1, -0.05) is 41.1 Å². The van der Waals surface area contributed by atoms with Crippen LogP contribution in [0.1, 0.15) is 22.2 Å². The number of benzene rings is 2. The third-order valence-corrected chi connectivity index (χ3v) is 6.07. The first-order valence-corrected chi connectivity index (χ1v) is 10.9. The number of aromatic nitrogens is 1. The van der Waals surface area contributed by atoms with Crippen molar-refractivity contribution in [3.63, 3.8) is 0 Å². The monoisotopic (exact) mass is 485 g/mol. The zero-order valence-electron chi connectivity index (χ0n) is 17.1. The predicted octanol–water partition coefficient (Wildman–Crippen LogP) is 1.44. The lowest BCUT2D eigenvalue weighted by Crippen LogP contribution is -2.24. The molecule has 0 saturated carbocycles. The van der Waals surface area contributed by atoms with Crippen molar-refractivity contribution in [2.24, 2.45) is 4.99 Å². The Morgan fingerprint density at radius 1 is 1.21 bits per heavy atom. The van der Waals surface area contributed by atoms with E-state index in [9.17, 15) is 24.3 Å². The number of thiazole rings is 1. The Bertz CT molecular complexity index is 1490. The lowest BCUT2D eigenvalue weighted by atomic mass is 10.1. The highest BCUT2D eigenvalue weighted by molar-refractivity contribution is 7.11. The maximum absolute atomic E-state index is 12.6. The average Bonchev–Trinajstić information content (AvgIpc) is 3.25. The average molecular weight is 486 g/mol. The molecule has 0 fully saturated rings. The van der Waals surface area contributed by atoms with Crippen LogP contribution in [0.5, 0.6) is 5.88 Å². The second-order valence-electron chi connectivity index (χ2n) is 6.88. The second-order valence-corrected chi connectivity index (χ2v) is 8.25. The first-order chi connectivity index (χ1) is 15.8. The molecule has 0 bridgehead atoms. The zero-order chi connectivity index (χ0) is 23.7. The molecule has 1 aliphatic heterocycles. The van der Waals surface area contributed by atoms with Crippen LogP contribution in [-0.4, -0.2) is 34.1 Å². The number of nitrogens with zero attached hydrogens (tertiary/aromatic N) is 2. The van der Waals surface area contributed by atoms with Crippen molar-refractivity contribution in [2.75, 3.05) is 11.9 Å². The van der Waals surface area contributed by atoms with E-state index in [2.05, 4.69) is 10.3 Å². The van der Waals surface area contributed by atoms with E-state index >= 15 is 0 Å². The van der Waals surface area contributed by atoms with Crippen LogP contribution in [-0.2, 0) is 20.9 Å². The second kappa shape index (κ2) is 9.00. The molecule has 168 valence electrons. The number of rotatable bonds is 6. The van der Waals surface area contributed by atoms with Crippen LogP contribution in [0, 0.1) is 0 Å². The summed E-state index contributed by atoms with van der Waals surface area (Å²) in [5, 5.41) is 14.3. The Balaban J connectivity index is 1.60. The van der Waals surface area contributed by atoms with Crippen molar-refractivity contribution in [1.29, 1.82) is 0 Å². The molecular weight excluding hydrogens is 470 g/mol. The molecular formula is C22H16ClN3O6S. The van der Waals surface area contributed by atoms with E-state index in [1.54, 1.807) is 31.2 Å². The molecule has 0 unspecified atom stereocenters. The van der Waals surface area contributed by atoms with Crippen molar-refractivity contribution in [3.8, 4) is 5.88 Å². The molecule has 33 heavy (non-hydrogen) atoms. The summed E-state index contributed by atoms with van der Waals surface area (Å²) in [6.07, 6.45) is 0. The fourth-order valence-corrected chi connectivity index (χ4v) is 4.43. The standard InChI is InChI=1S/C22H16ClN3O6S/c1-2-32-21(30)13-9-11(7-8-14(13)23)24-16(27)10-26-20(29)18(33-22(26)31)17-12-5-3-4-6-15(12)25-19(17)28/h3-9,29H,2,10H2,1H3,(H,24,27). The van der Waals surface area contributed by atoms with Crippen molar-refractivity contribution >= 4 is 52.0 Å². The molecule has 9 nitrogen and oxygen atoms in total. The Morgan fingerprint density at radius 3 is 2.73 bits per heavy atom. The van der Waals surface area contributed by atoms with Gasteiger partial charge in [0.2, 0.25) is 11.8 Å². The van der Waals surface area contributed by atoms with E-state index < -0.39 is 35.1 Å². The molecule has 0 spiro atoms. The normalized spacial score (nSPS) is 12.3. The quantitative estimate of drug-likeness (QED) is 0.509. The minimum absolute atomic E-state index is 0.0441. The number of para-hydroxylation sites is 1. The van der Waals surface area contributed by atoms with Gasteiger partial charge in [-0.15, -0.1) is 0 Å². The van der Waals surface area contributed by atoms with E-state index in [-0.39, 0.29) is 33.3 Å². The first-order valence-electron chi connectivity index (χ1n) is 9.72. The molecule has 1 aromatic heterocycles. The molecule has 2 amide bonds. The lowest BCUT2D eigenvalue weighted by Gasteiger charge is -2.09. The molecule has 2 aromatic carbocycles. The van der Waals surface area contributed by atoms with E-state index in [1.807, 2.05) is 0 Å². The number of ether oxygens (including phenoxy) is 1. The molecule has 4 rings (SSSR count). The molecule has 2 N–H and O–H groups in total. The van der Waals surface area contributed by atoms with Crippen LogP contribution in [0.3, 0.4) is 0 Å². The number of aromatic hydroxyl groups is 1. The summed E-state index contributed by atoms with van der Waals surface area (Å²) >= 11 is 6.67. The molecule has 11 heteroatoms. The molecule has 2 heterocycles. The third-order valence-electron chi connectivity index (χ3n) is 4.75. The van der Waals surface area contributed by atoms with Gasteiger partial charge >= 0.3 is 10.8 Å². The predicted molar refractivity (Wildman–Crippen MR) is 121 cm³/mol. The van der Waals surface area contributed by atoms with Crippen molar-refractivity contribution in [2.45, 2.75) is 13.5 Å². The summed E-state index contributed by atoms with van der Waals surface area (Å²) in [4.78, 5) is 52.8. The summed E-state index contributed by atoms with van der Waals surface area (Å²) in [5.41, 5.74) is 0.442. The zero-order valence-corrected chi connectivity index (χ0v) is 18.7. The highest BCUT2D eigenvalue weighted by Gasteiger charge is 2.26. The Labute approximate surface area is 195 Å². The maximum atomic E-state index is 12.6. The summed E-state index contributed by atoms with van der Waals surface area (Å²) in [6.45, 7) is 1.30. The van der Waals surface area contributed by atoms with Gasteiger partial charge in [0.15, 0.2) is 0 Å². The van der Waals surface area contributed by atoms with Crippen LogP contribution in [0.2, 0.25) is 5.02 Å². The molecule has 0 atom stereocenters. The molecule has 0 aliphatic carbocycles. The SMILES string of the molecule is CCOC(=O)c1cc(NC(=O)Cn2c(O)c(C3=c4ccccc4=NC3=O)sc2=O)ccc1Cl. The Morgan fingerprint density at radius 2 is 1.97 bits per heavy atom. The van der Waals surface area contributed by atoms with Gasteiger partial charge < -0.3 is 15.2 Å². The minimum atomic E-state index is -0.640. The van der Waals surface area contributed by atoms with E-state index in [0.717, 1.165) is 4.57 Å². The first kappa shape index (κ1) is 22.4. The van der Waals surface area contributed by atoms with Crippen LogP contribution in [0.25, 0.3) is 5.57 Å². The third kappa shape index (κ3) is 4.30. The maximum Gasteiger partial charge on any atom is 0.339 e. The van der Waals surface area contributed by atoms with Gasteiger partial charge in [0.1, 0.15) is 11.4 Å². The highest BCUT2D eigenvalue weighted by atomic mass is 35.5. The molecule has 0 radical (unpaired) electrons. The van der Waals surface area contributed by atoms with Gasteiger partial charge in [-0.05, 0) is 31.2 Å². The number of anilines is 1. The lowest BCUT2D eigenvalue weighted by molar-refractivity contribution is -0.117. The number of nitrogens with one attached hydrogen (secondary N) is 1. The summed E-state index contributed by atoms with van der Waals surface area (Å²) in [7, 11) is 0. The number of fused-ring (bicyclic) bond motifs is 1. The summed E-state index contributed by atoms with van der Waals surface area (Å²) in [5.74, 6) is -2.35. The number of carbonyl (C=O) groups is 3. The smallest absolute Gasteiger partial charge is 0.339 e. The van der Waals surface area contributed by atoms with Crippen LogP contribution < -0.4 is 20.8 Å². The van der Waals surface area contributed by atoms with E-state index in [0.29, 0.717) is 21.9 Å². The van der Waals surface area contributed by atoms with Crippen LogP contribution in [0.15, 0.2) is 52.3 Å². The number of amides is 2. The Hall–Kier alpha value is -3.76. The summed E-state index contributed by atoms with van der Waals surface area (Å²) in [6, 6.07) is 11.0. The van der Waals surface area contributed by atoms with Crippen molar-refractivity contribution in [3.05, 3.63) is 78.2 Å². The van der Waals surface area contributed by atoms with Gasteiger partial charge in [0.25, 0.3) is 5.91 Å². The van der Waals surface area contributed by atoms with Crippen molar-refractivity contribution in [1.82, 2.24) is 4.57 Å². The number of hydrogen-bond donors (Lipinski definition) is 2. The largest absolute Gasteiger partial charge is 0.493 e. The topological polar surface area (TPSA) is 127 Å². The fourth-order valence-electron chi connectivity index (χ4n) is 3.29. The number of hydrogen-bond acceptors (Lipinski definition) is 7. The van der Waals surface area contributed by atoms with Crippen molar-refractivity contribution < 1.29 is 24.2 Å². The van der Waals surface area contributed by atoms with Gasteiger partial charge in [-0.2, -0.15) is 0 Å². The number of carbonyl (C=O) groups excluding carboxylic acids is 3.